The summed E-state index contributed by atoms with van der Waals surface area (Å²) in [6, 6.07) is 14.1. The molecule has 6 nitrogen and oxygen atoms in total. The lowest BCUT2D eigenvalue weighted by molar-refractivity contribution is 0.240. The summed E-state index contributed by atoms with van der Waals surface area (Å²) < 4.78 is 10.8. The fourth-order valence-electron chi connectivity index (χ4n) is 4.47. The molecule has 7 heteroatoms. The lowest BCUT2D eigenvalue weighted by atomic mass is 9.94. The van der Waals surface area contributed by atoms with Gasteiger partial charge in [-0.25, -0.2) is 0 Å². The van der Waals surface area contributed by atoms with Crippen molar-refractivity contribution in [1.29, 1.82) is 0 Å². The Morgan fingerprint density at radius 1 is 1.06 bits per heavy atom. The number of pyridine rings is 1. The Morgan fingerprint density at radius 2 is 1.73 bits per heavy atom. The summed E-state index contributed by atoms with van der Waals surface area (Å²) in [6.07, 6.45) is 5.76. The molecule has 1 aromatic heterocycles. The molecule has 1 heterocycles. The SMILES string of the molecule is COc1cc2cc(CN(C(=S)Nc3ccc(C)cc3)C3CCCCC3)c(=O)[nH]c2cc1OC. The van der Waals surface area contributed by atoms with Crippen LogP contribution in [-0.4, -0.2) is 35.3 Å². The van der Waals surface area contributed by atoms with Gasteiger partial charge < -0.3 is 24.7 Å². The van der Waals surface area contributed by atoms with E-state index in [-0.39, 0.29) is 5.56 Å². The molecule has 1 aliphatic carbocycles. The van der Waals surface area contributed by atoms with Gasteiger partial charge in [0, 0.05) is 28.7 Å². The summed E-state index contributed by atoms with van der Waals surface area (Å²) in [6.45, 7) is 2.51. The van der Waals surface area contributed by atoms with E-state index in [0.717, 1.165) is 23.9 Å². The maximum atomic E-state index is 13.0. The Balaban J connectivity index is 1.65. The zero-order chi connectivity index (χ0) is 23.4. The molecule has 1 saturated carbocycles. The predicted octanol–water partition coefficient (Wildman–Crippen LogP) is 5.39. The summed E-state index contributed by atoms with van der Waals surface area (Å²) in [5, 5.41) is 4.93. The number of nitrogens with one attached hydrogen (secondary N) is 2. The maximum absolute atomic E-state index is 13.0. The first-order chi connectivity index (χ1) is 16.0. The lowest BCUT2D eigenvalue weighted by Gasteiger charge is -2.36. The van der Waals surface area contributed by atoms with Gasteiger partial charge in [-0.3, -0.25) is 4.79 Å². The highest BCUT2D eigenvalue weighted by Gasteiger charge is 2.25. The van der Waals surface area contributed by atoms with Crippen molar-refractivity contribution >= 4 is 33.9 Å². The van der Waals surface area contributed by atoms with Crippen LogP contribution in [0, 0.1) is 6.92 Å². The number of rotatable bonds is 6. The highest BCUT2D eigenvalue weighted by molar-refractivity contribution is 7.80. The second-order valence-electron chi connectivity index (χ2n) is 8.63. The fourth-order valence-corrected chi connectivity index (χ4v) is 4.80. The molecule has 33 heavy (non-hydrogen) atoms. The highest BCUT2D eigenvalue weighted by Crippen LogP contribution is 2.31. The minimum absolute atomic E-state index is 0.117. The largest absolute Gasteiger partial charge is 0.493 e. The summed E-state index contributed by atoms with van der Waals surface area (Å²) in [5.41, 5.74) is 3.43. The predicted molar refractivity (Wildman–Crippen MR) is 137 cm³/mol. The van der Waals surface area contributed by atoms with Crippen LogP contribution in [0.2, 0.25) is 0 Å². The molecule has 0 atom stereocenters. The number of hydrogen-bond donors (Lipinski definition) is 2. The smallest absolute Gasteiger partial charge is 0.253 e. The molecule has 0 radical (unpaired) electrons. The lowest BCUT2D eigenvalue weighted by Crippen LogP contribution is -2.44. The summed E-state index contributed by atoms with van der Waals surface area (Å²) in [4.78, 5) is 18.2. The van der Waals surface area contributed by atoms with Crippen molar-refractivity contribution in [2.24, 2.45) is 0 Å². The molecule has 0 saturated heterocycles. The molecule has 2 N–H and O–H groups in total. The number of benzene rings is 2. The minimum Gasteiger partial charge on any atom is -0.493 e. The van der Waals surface area contributed by atoms with Crippen LogP contribution in [-0.2, 0) is 6.54 Å². The van der Waals surface area contributed by atoms with Crippen LogP contribution in [0.15, 0.2) is 47.3 Å². The monoisotopic (exact) mass is 465 g/mol. The van der Waals surface area contributed by atoms with E-state index in [2.05, 4.69) is 34.3 Å². The third-order valence-corrected chi connectivity index (χ3v) is 6.68. The molecule has 0 bridgehead atoms. The molecule has 2 aromatic carbocycles. The number of aryl methyl sites for hydroxylation is 1. The highest BCUT2D eigenvalue weighted by atomic mass is 32.1. The zero-order valence-corrected chi connectivity index (χ0v) is 20.3. The number of thiocarbonyl (C=S) groups is 1. The van der Waals surface area contributed by atoms with Gasteiger partial charge in [0.15, 0.2) is 16.6 Å². The first-order valence-electron chi connectivity index (χ1n) is 11.4. The van der Waals surface area contributed by atoms with E-state index >= 15 is 0 Å². The van der Waals surface area contributed by atoms with Gasteiger partial charge in [-0.2, -0.15) is 0 Å². The van der Waals surface area contributed by atoms with Crippen LogP contribution in [0.5, 0.6) is 11.5 Å². The number of aromatic nitrogens is 1. The number of H-pyrrole nitrogens is 1. The second-order valence-corrected chi connectivity index (χ2v) is 9.02. The van der Waals surface area contributed by atoms with Crippen molar-refractivity contribution in [3.63, 3.8) is 0 Å². The Bertz CT molecular complexity index is 1180. The molecule has 0 spiro atoms. The molecule has 1 aliphatic rings. The van der Waals surface area contributed by atoms with Gasteiger partial charge in [-0.05, 0) is 56.2 Å². The van der Waals surface area contributed by atoms with Crippen LogP contribution in [0.1, 0.15) is 43.2 Å². The molecular weight excluding hydrogens is 434 g/mol. The Labute approximate surface area is 199 Å². The van der Waals surface area contributed by atoms with Crippen LogP contribution >= 0.6 is 12.2 Å². The first-order valence-corrected chi connectivity index (χ1v) is 11.8. The topological polar surface area (TPSA) is 66.6 Å². The van der Waals surface area contributed by atoms with Crippen molar-refractivity contribution < 1.29 is 9.47 Å². The summed E-state index contributed by atoms with van der Waals surface area (Å²) >= 11 is 5.85. The van der Waals surface area contributed by atoms with Crippen LogP contribution in [0.25, 0.3) is 10.9 Å². The number of aromatic amines is 1. The van der Waals surface area contributed by atoms with E-state index in [1.807, 2.05) is 24.3 Å². The number of ether oxygens (including phenoxy) is 2. The Morgan fingerprint density at radius 3 is 2.39 bits per heavy atom. The van der Waals surface area contributed by atoms with Crippen molar-refractivity contribution in [3.05, 3.63) is 63.9 Å². The summed E-state index contributed by atoms with van der Waals surface area (Å²) in [7, 11) is 3.19. The molecule has 0 unspecified atom stereocenters. The zero-order valence-electron chi connectivity index (χ0n) is 19.4. The van der Waals surface area contributed by atoms with Gasteiger partial charge in [0.25, 0.3) is 5.56 Å². The van der Waals surface area contributed by atoms with E-state index in [0.29, 0.717) is 40.3 Å². The van der Waals surface area contributed by atoms with Gasteiger partial charge in [0.2, 0.25) is 0 Å². The van der Waals surface area contributed by atoms with Gasteiger partial charge >= 0.3 is 0 Å². The summed E-state index contributed by atoms with van der Waals surface area (Å²) in [5.74, 6) is 1.21. The van der Waals surface area contributed by atoms with Gasteiger partial charge in [0.05, 0.1) is 26.3 Å². The fraction of sp³-hybridized carbons (Fsp3) is 0.385. The van der Waals surface area contributed by atoms with E-state index in [1.165, 1.54) is 24.8 Å². The molecular formula is C26H31N3O3S. The minimum atomic E-state index is -0.117. The van der Waals surface area contributed by atoms with Crippen molar-refractivity contribution in [2.45, 2.75) is 51.6 Å². The van der Waals surface area contributed by atoms with Crippen LogP contribution in [0.4, 0.5) is 5.69 Å². The number of methoxy groups -OCH3 is 2. The third-order valence-electron chi connectivity index (χ3n) is 6.35. The van der Waals surface area contributed by atoms with E-state index in [4.69, 9.17) is 21.7 Å². The number of anilines is 1. The molecule has 3 aromatic rings. The van der Waals surface area contributed by atoms with Crippen LogP contribution < -0.4 is 20.3 Å². The quantitative estimate of drug-likeness (QED) is 0.476. The van der Waals surface area contributed by atoms with Crippen LogP contribution in [0.3, 0.4) is 0 Å². The Kier molecular flexibility index (Phi) is 7.18. The number of fused-ring (bicyclic) bond motifs is 1. The Hall–Kier alpha value is -3.06. The van der Waals surface area contributed by atoms with Crippen molar-refractivity contribution in [3.8, 4) is 11.5 Å². The molecule has 0 amide bonds. The van der Waals surface area contributed by atoms with Gasteiger partial charge in [-0.15, -0.1) is 0 Å². The number of nitrogens with zero attached hydrogens (tertiary/aromatic N) is 1. The van der Waals surface area contributed by atoms with Crippen molar-refractivity contribution in [2.75, 3.05) is 19.5 Å². The normalized spacial score (nSPS) is 14.2. The standard InChI is InChI=1S/C26H31N3O3S/c1-17-9-11-20(12-10-17)27-26(33)29(21-7-5-4-6-8-21)16-19-13-18-14-23(31-2)24(32-3)15-22(18)28-25(19)30/h9-15,21H,4-8,16H2,1-3H3,(H,27,33)(H,28,30). The average Bonchev–Trinajstić information content (AvgIpc) is 2.83. The van der Waals surface area contributed by atoms with E-state index < -0.39 is 0 Å². The maximum Gasteiger partial charge on any atom is 0.253 e. The van der Waals surface area contributed by atoms with E-state index in [9.17, 15) is 4.79 Å². The van der Waals surface area contributed by atoms with E-state index in [1.54, 1.807) is 20.3 Å². The second kappa shape index (κ2) is 10.3. The molecule has 0 aliphatic heterocycles. The molecule has 4 rings (SSSR count). The molecule has 1 fully saturated rings. The van der Waals surface area contributed by atoms with Crippen molar-refractivity contribution in [1.82, 2.24) is 9.88 Å². The molecule has 174 valence electrons. The number of hydrogen-bond acceptors (Lipinski definition) is 4. The van der Waals surface area contributed by atoms with Gasteiger partial charge in [-0.1, -0.05) is 37.0 Å². The van der Waals surface area contributed by atoms with Gasteiger partial charge in [0.1, 0.15) is 0 Å². The average molecular weight is 466 g/mol. The first kappa shape index (κ1) is 23.1. The third kappa shape index (κ3) is 5.30.